The largest absolute Gasteiger partial charge is 0.359 e. The van der Waals surface area contributed by atoms with E-state index < -0.39 is 0 Å². The van der Waals surface area contributed by atoms with E-state index in [0.29, 0.717) is 25.3 Å². The summed E-state index contributed by atoms with van der Waals surface area (Å²) < 4.78 is 0. The molecule has 1 fully saturated rings. The van der Waals surface area contributed by atoms with E-state index in [0.717, 1.165) is 18.4 Å². The number of rotatable bonds is 8. The highest BCUT2D eigenvalue weighted by atomic mass is 16.2. The Morgan fingerprint density at radius 3 is 2.70 bits per heavy atom. The van der Waals surface area contributed by atoms with Crippen LogP contribution < -0.4 is 16.0 Å². The highest BCUT2D eigenvalue weighted by Gasteiger charge is 2.30. The summed E-state index contributed by atoms with van der Waals surface area (Å²) in [5.41, 5.74) is 1.02. The van der Waals surface area contributed by atoms with Gasteiger partial charge in [0, 0.05) is 32.3 Å². The summed E-state index contributed by atoms with van der Waals surface area (Å²) in [6, 6.07) is 0.188. The summed E-state index contributed by atoms with van der Waals surface area (Å²) in [5, 5.41) is 14.7. The first kappa shape index (κ1) is 17.0. The Bertz CT molecular complexity index is 537. The maximum Gasteiger partial charge on any atom is 0.229 e. The first-order valence-electron chi connectivity index (χ1n) is 7.81. The SMILES string of the molecule is CNC(=O)CC(=O)NCC1CC(NC(=O)CCc2cn[nH]c2)C1. The van der Waals surface area contributed by atoms with Crippen LogP contribution in [0.4, 0.5) is 0 Å². The molecular formula is C15H23N5O3. The van der Waals surface area contributed by atoms with Gasteiger partial charge in [0.2, 0.25) is 17.7 Å². The minimum absolute atomic E-state index is 0.0401. The summed E-state index contributed by atoms with van der Waals surface area (Å²) in [7, 11) is 1.50. The van der Waals surface area contributed by atoms with Gasteiger partial charge in [-0.05, 0) is 30.7 Å². The van der Waals surface area contributed by atoms with Crippen LogP contribution in [-0.2, 0) is 20.8 Å². The van der Waals surface area contributed by atoms with Crippen molar-refractivity contribution >= 4 is 17.7 Å². The van der Waals surface area contributed by atoms with Crippen molar-refractivity contribution < 1.29 is 14.4 Å². The van der Waals surface area contributed by atoms with Crippen LogP contribution in [0.15, 0.2) is 12.4 Å². The van der Waals surface area contributed by atoms with E-state index in [1.807, 2.05) is 0 Å². The Kier molecular flexibility index (Phi) is 6.13. The highest BCUT2D eigenvalue weighted by Crippen LogP contribution is 2.26. The normalized spacial score (nSPS) is 19.5. The van der Waals surface area contributed by atoms with Gasteiger partial charge >= 0.3 is 0 Å². The summed E-state index contributed by atoms with van der Waals surface area (Å²) in [6.45, 7) is 0.553. The molecule has 2 rings (SSSR count). The lowest BCUT2D eigenvalue weighted by Crippen LogP contribution is -2.48. The third kappa shape index (κ3) is 5.72. The minimum Gasteiger partial charge on any atom is -0.359 e. The van der Waals surface area contributed by atoms with E-state index in [1.54, 1.807) is 12.4 Å². The molecule has 126 valence electrons. The van der Waals surface area contributed by atoms with Gasteiger partial charge in [0.05, 0.1) is 6.20 Å². The topological polar surface area (TPSA) is 116 Å². The number of carbonyl (C=O) groups excluding carboxylic acids is 3. The monoisotopic (exact) mass is 321 g/mol. The molecule has 0 atom stereocenters. The van der Waals surface area contributed by atoms with Gasteiger partial charge in [0.1, 0.15) is 6.42 Å². The van der Waals surface area contributed by atoms with Crippen LogP contribution in [0.5, 0.6) is 0 Å². The summed E-state index contributed by atoms with van der Waals surface area (Å²) >= 11 is 0. The maximum atomic E-state index is 11.8. The molecule has 0 radical (unpaired) electrons. The fraction of sp³-hybridized carbons (Fsp3) is 0.600. The number of nitrogens with zero attached hydrogens (tertiary/aromatic N) is 1. The number of amides is 3. The molecule has 8 nitrogen and oxygen atoms in total. The average Bonchev–Trinajstić information content (AvgIpc) is 3.00. The van der Waals surface area contributed by atoms with Gasteiger partial charge in [0.15, 0.2) is 0 Å². The van der Waals surface area contributed by atoms with Gasteiger partial charge in [-0.25, -0.2) is 0 Å². The average molecular weight is 321 g/mol. The lowest BCUT2D eigenvalue weighted by molar-refractivity contribution is -0.129. The predicted molar refractivity (Wildman–Crippen MR) is 83.3 cm³/mol. The van der Waals surface area contributed by atoms with E-state index >= 15 is 0 Å². The van der Waals surface area contributed by atoms with Gasteiger partial charge in [0.25, 0.3) is 0 Å². The molecule has 1 aromatic rings. The van der Waals surface area contributed by atoms with Crippen molar-refractivity contribution in [1.29, 1.82) is 0 Å². The second-order valence-corrected chi connectivity index (χ2v) is 5.86. The molecule has 1 saturated carbocycles. The number of aromatic nitrogens is 2. The predicted octanol–water partition coefficient (Wildman–Crippen LogP) is -0.511. The van der Waals surface area contributed by atoms with Gasteiger partial charge in [-0.3, -0.25) is 19.5 Å². The first-order chi connectivity index (χ1) is 11.1. The van der Waals surface area contributed by atoms with Crippen LogP contribution in [0.1, 0.15) is 31.2 Å². The molecule has 1 aromatic heterocycles. The molecule has 1 aliphatic rings. The molecule has 0 aromatic carbocycles. The lowest BCUT2D eigenvalue weighted by Gasteiger charge is -2.36. The Hall–Kier alpha value is -2.38. The zero-order valence-electron chi connectivity index (χ0n) is 13.2. The fourth-order valence-corrected chi connectivity index (χ4v) is 2.55. The summed E-state index contributed by atoms with van der Waals surface area (Å²) in [5.74, 6) is -0.156. The number of carbonyl (C=O) groups is 3. The lowest BCUT2D eigenvalue weighted by atomic mass is 9.80. The van der Waals surface area contributed by atoms with Crippen molar-refractivity contribution in [3.8, 4) is 0 Å². The zero-order valence-corrected chi connectivity index (χ0v) is 13.2. The van der Waals surface area contributed by atoms with E-state index in [-0.39, 0.29) is 30.2 Å². The summed E-state index contributed by atoms with van der Waals surface area (Å²) in [4.78, 5) is 34.3. The molecule has 0 bridgehead atoms. The van der Waals surface area contributed by atoms with Crippen molar-refractivity contribution in [3.63, 3.8) is 0 Å². The van der Waals surface area contributed by atoms with Gasteiger partial charge in [-0.15, -0.1) is 0 Å². The molecule has 3 amide bonds. The molecule has 0 saturated heterocycles. The Morgan fingerprint density at radius 2 is 2.04 bits per heavy atom. The van der Waals surface area contributed by atoms with Crippen molar-refractivity contribution in [2.24, 2.45) is 5.92 Å². The van der Waals surface area contributed by atoms with Crippen molar-refractivity contribution in [2.45, 2.75) is 38.1 Å². The van der Waals surface area contributed by atoms with E-state index in [9.17, 15) is 14.4 Å². The smallest absolute Gasteiger partial charge is 0.229 e. The third-order valence-electron chi connectivity index (χ3n) is 3.98. The Morgan fingerprint density at radius 1 is 1.26 bits per heavy atom. The van der Waals surface area contributed by atoms with Crippen LogP contribution in [0.2, 0.25) is 0 Å². The molecule has 0 spiro atoms. The van der Waals surface area contributed by atoms with Gasteiger partial charge in [-0.2, -0.15) is 5.10 Å². The second-order valence-electron chi connectivity index (χ2n) is 5.86. The van der Waals surface area contributed by atoms with Crippen LogP contribution in [-0.4, -0.2) is 47.6 Å². The quantitative estimate of drug-likeness (QED) is 0.483. The van der Waals surface area contributed by atoms with Crippen molar-refractivity contribution in [1.82, 2.24) is 26.1 Å². The number of hydrogen-bond donors (Lipinski definition) is 4. The Balaban J connectivity index is 1.53. The first-order valence-corrected chi connectivity index (χ1v) is 7.81. The second kappa shape index (κ2) is 8.30. The Labute approximate surface area is 134 Å². The highest BCUT2D eigenvalue weighted by molar-refractivity contribution is 5.96. The molecule has 1 aliphatic carbocycles. The molecule has 8 heteroatoms. The maximum absolute atomic E-state index is 11.8. The van der Waals surface area contributed by atoms with Gasteiger partial charge < -0.3 is 16.0 Å². The molecule has 0 aliphatic heterocycles. The molecule has 23 heavy (non-hydrogen) atoms. The van der Waals surface area contributed by atoms with E-state index in [4.69, 9.17) is 0 Å². The van der Waals surface area contributed by atoms with Crippen molar-refractivity contribution in [2.75, 3.05) is 13.6 Å². The molecule has 4 N–H and O–H groups in total. The minimum atomic E-state index is -0.293. The molecule has 1 heterocycles. The van der Waals surface area contributed by atoms with Crippen LogP contribution in [0.25, 0.3) is 0 Å². The number of hydrogen-bond acceptors (Lipinski definition) is 4. The number of aromatic amines is 1. The standard InChI is InChI=1S/C15H23N5O3/c1-16-14(22)6-15(23)17-7-11-4-12(5-11)20-13(21)3-2-10-8-18-19-9-10/h8-9,11-12H,2-7H2,1H3,(H,16,22)(H,17,23)(H,18,19)(H,20,21). The summed E-state index contributed by atoms with van der Waals surface area (Å²) in [6.07, 6.45) is 6.20. The number of nitrogens with one attached hydrogen (secondary N) is 4. The zero-order chi connectivity index (χ0) is 16.7. The third-order valence-corrected chi connectivity index (χ3v) is 3.98. The van der Waals surface area contributed by atoms with Crippen LogP contribution in [0, 0.1) is 5.92 Å². The van der Waals surface area contributed by atoms with E-state index in [1.165, 1.54) is 7.05 Å². The van der Waals surface area contributed by atoms with Crippen LogP contribution in [0.3, 0.4) is 0 Å². The number of aryl methyl sites for hydroxylation is 1. The van der Waals surface area contributed by atoms with E-state index in [2.05, 4.69) is 26.1 Å². The molecular weight excluding hydrogens is 298 g/mol. The van der Waals surface area contributed by atoms with Gasteiger partial charge in [-0.1, -0.05) is 0 Å². The van der Waals surface area contributed by atoms with Crippen LogP contribution >= 0.6 is 0 Å². The fourth-order valence-electron chi connectivity index (χ4n) is 2.55. The molecule has 0 unspecified atom stereocenters. The number of H-pyrrole nitrogens is 1. The van der Waals surface area contributed by atoms with Crippen molar-refractivity contribution in [3.05, 3.63) is 18.0 Å².